The number of carboxylic acid groups (broad SMARTS) is 1. The third-order valence-corrected chi connectivity index (χ3v) is 3.63. The molecule has 0 aliphatic carbocycles. The summed E-state index contributed by atoms with van der Waals surface area (Å²) in [6, 6.07) is 9.40. The van der Waals surface area contributed by atoms with Gasteiger partial charge in [-0.15, -0.1) is 0 Å². The molecule has 0 aliphatic heterocycles. The lowest BCUT2D eigenvalue weighted by Gasteiger charge is -2.12. The Hall–Kier alpha value is -3.35. The van der Waals surface area contributed by atoms with E-state index in [9.17, 15) is 9.59 Å². The Morgan fingerprint density at radius 1 is 1.17 bits per heavy atom. The van der Waals surface area contributed by atoms with Crippen LogP contribution >= 0.6 is 0 Å². The molecule has 0 saturated heterocycles. The van der Waals surface area contributed by atoms with E-state index in [0.717, 1.165) is 4.68 Å². The number of aromatic nitrogens is 2. The van der Waals surface area contributed by atoms with Gasteiger partial charge in [-0.1, -0.05) is 6.07 Å². The Bertz CT molecular complexity index is 994. The maximum absolute atomic E-state index is 12.9. The average Bonchev–Trinajstić information content (AvgIpc) is 2.61. The molecule has 1 heterocycles. The van der Waals surface area contributed by atoms with Crippen molar-refractivity contribution in [1.82, 2.24) is 9.78 Å². The third-order valence-electron chi connectivity index (χ3n) is 3.63. The van der Waals surface area contributed by atoms with Gasteiger partial charge in [-0.05, 0) is 30.3 Å². The zero-order valence-corrected chi connectivity index (χ0v) is 13.0. The molecular weight excluding hydrogens is 312 g/mol. The molecule has 0 atom stereocenters. The number of hydrogen-bond donors (Lipinski definition) is 1. The second-order valence-corrected chi connectivity index (χ2v) is 4.98. The number of rotatable bonds is 4. The maximum atomic E-state index is 12.9. The number of fused-ring (bicyclic) bond motifs is 1. The van der Waals surface area contributed by atoms with E-state index in [1.807, 2.05) is 0 Å². The SMILES string of the molecule is COc1ccc2cnn(-c3cccc(C(=O)O)c3)c(=O)c2c1OC. The van der Waals surface area contributed by atoms with Gasteiger partial charge in [-0.3, -0.25) is 4.79 Å². The van der Waals surface area contributed by atoms with Crippen molar-refractivity contribution in [1.29, 1.82) is 0 Å². The van der Waals surface area contributed by atoms with E-state index in [1.165, 1.54) is 32.5 Å². The van der Waals surface area contributed by atoms with Crippen LogP contribution in [-0.4, -0.2) is 35.1 Å². The van der Waals surface area contributed by atoms with Crippen LogP contribution in [0.4, 0.5) is 0 Å². The molecule has 7 nitrogen and oxygen atoms in total. The van der Waals surface area contributed by atoms with Crippen molar-refractivity contribution in [3.05, 3.63) is 58.5 Å². The van der Waals surface area contributed by atoms with E-state index < -0.39 is 11.5 Å². The van der Waals surface area contributed by atoms with Crippen LogP contribution in [0, 0.1) is 0 Å². The molecule has 0 amide bonds. The third kappa shape index (κ3) is 2.45. The van der Waals surface area contributed by atoms with Crippen molar-refractivity contribution >= 4 is 16.7 Å². The van der Waals surface area contributed by atoms with Gasteiger partial charge in [-0.25, -0.2) is 4.79 Å². The molecule has 0 bridgehead atoms. The summed E-state index contributed by atoms with van der Waals surface area (Å²) in [6.07, 6.45) is 1.52. The second kappa shape index (κ2) is 6.04. The van der Waals surface area contributed by atoms with Crippen LogP contribution in [0.1, 0.15) is 10.4 Å². The number of nitrogens with zero attached hydrogens (tertiary/aromatic N) is 2. The standard InChI is InChI=1S/C17H14N2O5/c1-23-13-7-6-11-9-18-19(16(20)14(11)15(13)24-2)12-5-3-4-10(8-12)17(21)22/h3-9H,1-2H3,(H,21,22). The molecule has 7 heteroatoms. The van der Waals surface area contributed by atoms with Gasteiger partial charge >= 0.3 is 5.97 Å². The summed E-state index contributed by atoms with van der Waals surface area (Å²) in [4.78, 5) is 24.0. The van der Waals surface area contributed by atoms with Crippen molar-refractivity contribution < 1.29 is 19.4 Å². The zero-order valence-electron chi connectivity index (χ0n) is 13.0. The fourth-order valence-electron chi connectivity index (χ4n) is 2.50. The van der Waals surface area contributed by atoms with Gasteiger partial charge in [0.1, 0.15) is 0 Å². The topological polar surface area (TPSA) is 90.7 Å². The monoisotopic (exact) mass is 326 g/mol. The molecule has 0 fully saturated rings. The van der Waals surface area contributed by atoms with Gasteiger partial charge in [0.15, 0.2) is 11.5 Å². The normalized spacial score (nSPS) is 10.6. The minimum absolute atomic E-state index is 0.0684. The van der Waals surface area contributed by atoms with E-state index in [4.69, 9.17) is 14.6 Å². The molecule has 122 valence electrons. The van der Waals surface area contributed by atoms with Crippen LogP contribution in [0.3, 0.4) is 0 Å². The van der Waals surface area contributed by atoms with Crippen molar-refractivity contribution in [2.24, 2.45) is 0 Å². The molecule has 0 saturated carbocycles. The van der Waals surface area contributed by atoms with Crippen LogP contribution in [0.15, 0.2) is 47.4 Å². The highest BCUT2D eigenvalue weighted by molar-refractivity contribution is 5.90. The lowest BCUT2D eigenvalue weighted by molar-refractivity contribution is 0.0697. The van der Waals surface area contributed by atoms with Crippen molar-refractivity contribution in [2.75, 3.05) is 14.2 Å². The number of carboxylic acids is 1. The summed E-state index contributed by atoms with van der Waals surface area (Å²) in [5.41, 5.74) is -0.00336. The molecule has 24 heavy (non-hydrogen) atoms. The number of methoxy groups -OCH3 is 2. The van der Waals surface area contributed by atoms with Crippen LogP contribution < -0.4 is 15.0 Å². The molecule has 0 unspecified atom stereocenters. The first kappa shape index (κ1) is 15.5. The van der Waals surface area contributed by atoms with E-state index in [2.05, 4.69) is 5.10 Å². The molecular formula is C17H14N2O5. The number of aromatic carboxylic acids is 1. The van der Waals surface area contributed by atoms with Gasteiger partial charge in [0.2, 0.25) is 0 Å². The quantitative estimate of drug-likeness (QED) is 0.789. The van der Waals surface area contributed by atoms with E-state index in [0.29, 0.717) is 28.0 Å². The highest BCUT2D eigenvalue weighted by Gasteiger charge is 2.16. The summed E-state index contributed by atoms with van der Waals surface area (Å²) in [5.74, 6) is -0.338. The Labute approximate surface area is 136 Å². The fourth-order valence-corrected chi connectivity index (χ4v) is 2.50. The van der Waals surface area contributed by atoms with E-state index >= 15 is 0 Å². The summed E-state index contributed by atoms with van der Waals surface area (Å²) in [6.45, 7) is 0. The fraction of sp³-hybridized carbons (Fsp3) is 0.118. The van der Waals surface area contributed by atoms with Gasteiger partial charge in [0.05, 0.1) is 37.1 Å². The zero-order chi connectivity index (χ0) is 17.3. The minimum atomic E-state index is -1.08. The summed E-state index contributed by atoms with van der Waals surface area (Å²) in [5, 5.41) is 14.1. The predicted molar refractivity (Wildman–Crippen MR) is 87.4 cm³/mol. The predicted octanol–water partition coefficient (Wildman–Crippen LogP) is 2.10. The Morgan fingerprint density at radius 2 is 1.96 bits per heavy atom. The Morgan fingerprint density at radius 3 is 2.62 bits per heavy atom. The van der Waals surface area contributed by atoms with Crippen LogP contribution in [-0.2, 0) is 0 Å². The molecule has 0 aliphatic rings. The van der Waals surface area contributed by atoms with Crippen LogP contribution in [0.5, 0.6) is 11.5 Å². The molecule has 0 spiro atoms. The molecule has 2 aromatic carbocycles. The van der Waals surface area contributed by atoms with Crippen molar-refractivity contribution in [3.63, 3.8) is 0 Å². The highest BCUT2D eigenvalue weighted by atomic mass is 16.5. The summed E-state index contributed by atoms with van der Waals surface area (Å²) < 4.78 is 11.7. The largest absolute Gasteiger partial charge is 0.493 e. The lowest BCUT2D eigenvalue weighted by Crippen LogP contribution is -2.21. The van der Waals surface area contributed by atoms with E-state index in [-0.39, 0.29) is 5.56 Å². The van der Waals surface area contributed by atoms with Crippen LogP contribution in [0.2, 0.25) is 0 Å². The van der Waals surface area contributed by atoms with Crippen molar-refractivity contribution in [2.45, 2.75) is 0 Å². The summed E-state index contributed by atoms with van der Waals surface area (Å²) >= 11 is 0. The average molecular weight is 326 g/mol. The Balaban J connectivity index is 2.31. The van der Waals surface area contributed by atoms with Crippen molar-refractivity contribution in [3.8, 4) is 17.2 Å². The Kier molecular flexibility index (Phi) is 3.91. The molecule has 3 rings (SSSR count). The van der Waals surface area contributed by atoms with E-state index in [1.54, 1.807) is 24.3 Å². The maximum Gasteiger partial charge on any atom is 0.335 e. The summed E-state index contributed by atoms with van der Waals surface area (Å²) in [7, 11) is 2.94. The first-order valence-electron chi connectivity index (χ1n) is 7.03. The molecule has 0 radical (unpaired) electrons. The number of hydrogen-bond acceptors (Lipinski definition) is 5. The van der Waals surface area contributed by atoms with Gasteiger partial charge in [-0.2, -0.15) is 9.78 Å². The molecule has 1 N–H and O–H groups in total. The molecule has 3 aromatic rings. The smallest absolute Gasteiger partial charge is 0.335 e. The second-order valence-electron chi connectivity index (χ2n) is 4.98. The number of carbonyl (C=O) groups is 1. The minimum Gasteiger partial charge on any atom is -0.493 e. The first-order chi connectivity index (χ1) is 11.6. The number of ether oxygens (including phenoxy) is 2. The number of benzene rings is 2. The van der Waals surface area contributed by atoms with Gasteiger partial charge < -0.3 is 14.6 Å². The van der Waals surface area contributed by atoms with Crippen LogP contribution in [0.25, 0.3) is 16.5 Å². The van der Waals surface area contributed by atoms with Gasteiger partial charge in [0, 0.05) is 5.39 Å². The first-order valence-corrected chi connectivity index (χ1v) is 7.03. The molecule has 1 aromatic heterocycles. The highest BCUT2D eigenvalue weighted by Crippen LogP contribution is 2.32. The van der Waals surface area contributed by atoms with Gasteiger partial charge in [0.25, 0.3) is 5.56 Å². The lowest BCUT2D eigenvalue weighted by atomic mass is 10.1.